The maximum atomic E-state index is 14.5. The molecule has 0 spiro atoms. The highest BCUT2D eigenvalue weighted by Gasteiger charge is 2.51. The van der Waals surface area contributed by atoms with Gasteiger partial charge in [-0.05, 0) is 64.2 Å². The van der Waals surface area contributed by atoms with Crippen LogP contribution in [-0.4, -0.2) is 63.0 Å². The summed E-state index contributed by atoms with van der Waals surface area (Å²) in [6.45, 7) is -0.0611. The van der Waals surface area contributed by atoms with Crippen molar-refractivity contribution in [1.29, 1.82) is 0 Å². The van der Waals surface area contributed by atoms with E-state index in [1.807, 2.05) is 60.7 Å². The molecule has 5 aromatic carbocycles. The van der Waals surface area contributed by atoms with Crippen LogP contribution in [0.25, 0.3) is 0 Å². The molecule has 13 heteroatoms. The van der Waals surface area contributed by atoms with Gasteiger partial charge in [-0.25, -0.2) is 19.2 Å². The highest BCUT2D eigenvalue weighted by Crippen LogP contribution is 2.33. The average molecular weight is 766 g/mol. The molecule has 4 amide bonds. The maximum Gasteiger partial charge on any atom is 0.416 e. The van der Waals surface area contributed by atoms with Gasteiger partial charge in [-0.15, -0.1) is 0 Å². The Morgan fingerprint density at radius 1 is 0.732 bits per heavy atom. The molecule has 56 heavy (non-hydrogen) atoms. The SMILES string of the molecule is O=C1C(Cc2ccc(OCc3ccccc3)cc2)N2C(=O)CN(Cc3ccc(F)cc3)N(C(=O)NCc3ccccc3)C2CN1Cc1cccc(C(F)(F)F)c1. The largest absolute Gasteiger partial charge is 0.489 e. The number of benzene rings is 5. The zero-order valence-electron chi connectivity index (χ0n) is 30.2. The molecule has 0 radical (unpaired) electrons. The number of piperazine rings is 1. The van der Waals surface area contributed by atoms with Crippen LogP contribution in [0.4, 0.5) is 22.4 Å². The number of carbonyl (C=O) groups is 3. The van der Waals surface area contributed by atoms with Crippen molar-refractivity contribution in [3.05, 3.63) is 173 Å². The Hall–Kier alpha value is -6.21. The number of fused-ring (bicyclic) bond motifs is 1. The summed E-state index contributed by atoms with van der Waals surface area (Å²) in [6.07, 6.45) is -5.56. The number of nitrogens with one attached hydrogen (secondary N) is 1. The fraction of sp³-hybridized carbons (Fsp3) is 0.233. The summed E-state index contributed by atoms with van der Waals surface area (Å²) >= 11 is 0. The molecule has 0 bridgehead atoms. The summed E-state index contributed by atoms with van der Waals surface area (Å²) in [5, 5.41) is 5.91. The third-order valence-electron chi connectivity index (χ3n) is 9.83. The molecule has 2 fully saturated rings. The van der Waals surface area contributed by atoms with Crippen molar-refractivity contribution in [3.8, 4) is 5.75 Å². The lowest BCUT2D eigenvalue weighted by Crippen LogP contribution is -2.76. The summed E-state index contributed by atoms with van der Waals surface area (Å²) < 4.78 is 61.0. The first kappa shape index (κ1) is 38.1. The Morgan fingerprint density at radius 2 is 1.38 bits per heavy atom. The third-order valence-corrected chi connectivity index (χ3v) is 9.83. The number of hydrazine groups is 1. The highest BCUT2D eigenvalue weighted by molar-refractivity contribution is 5.91. The molecule has 288 valence electrons. The lowest BCUT2D eigenvalue weighted by atomic mass is 9.98. The first-order valence-electron chi connectivity index (χ1n) is 18.1. The van der Waals surface area contributed by atoms with Crippen molar-refractivity contribution in [2.24, 2.45) is 0 Å². The van der Waals surface area contributed by atoms with E-state index in [0.717, 1.165) is 23.3 Å². The van der Waals surface area contributed by atoms with Gasteiger partial charge in [0.1, 0.15) is 30.4 Å². The second-order valence-electron chi connectivity index (χ2n) is 13.8. The van der Waals surface area contributed by atoms with Crippen LogP contribution in [0, 0.1) is 5.82 Å². The van der Waals surface area contributed by atoms with Crippen LogP contribution in [-0.2, 0) is 48.4 Å². The number of halogens is 4. The van der Waals surface area contributed by atoms with E-state index < -0.39 is 47.6 Å². The van der Waals surface area contributed by atoms with Crippen LogP contribution in [0.3, 0.4) is 0 Å². The molecule has 5 aromatic rings. The van der Waals surface area contributed by atoms with Gasteiger partial charge in [0, 0.05) is 26.1 Å². The Kier molecular flexibility index (Phi) is 11.3. The van der Waals surface area contributed by atoms with E-state index >= 15 is 0 Å². The number of urea groups is 1. The lowest BCUT2D eigenvalue weighted by molar-refractivity contribution is -0.192. The van der Waals surface area contributed by atoms with Crippen LogP contribution in [0.15, 0.2) is 133 Å². The molecule has 2 saturated heterocycles. The van der Waals surface area contributed by atoms with E-state index in [2.05, 4.69) is 5.32 Å². The van der Waals surface area contributed by atoms with Gasteiger partial charge in [-0.3, -0.25) is 9.59 Å². The van der Waals surface area contributed by atoms with E-state index in [1.165, 1.54) is 39.1 Å². The predicted molar refractivity (Wildman–Crippen MR) is 200 cm³/mol. The number of carbonyl (C=O) groups excluding carboxylic acids is 3. The molecule has 9 nitrogen and oxygen atoms in total. The van der Waals surface area contributed by atoms with E-state index in [4.69, 9.17) is 4.74 Å². The summed E-state index contributed by atoms with van der Waals surface area (Å²) in [5.74, 6) is -0.720. The summed E-state index contributed by atoms with van der Waals surface area (Å²) in [7, 11) is 0. The molecule has 0 saturated carbocycles. The fourth-order valence-corrected chi connectivity index (χ4v) is 7.08. The van der Waals surface area contributed by atoms with Gasteiger partial charge >= 0.3 is 12.2 Å². The smallest absolute Gasteiger partial charge is 0.416 e. The van der Waals surface area contributed by atoms with Crippen LogP contribution < -0.4 is 10.1 Å². The van der Waals surface area contributed by atoms with Gasteiger partial charge in [-0.1, -0.05) is 97.1 Å². The maximum absolute atomic E-state index is 14.5. The monoisotopic (exact) mass is 765 g/mol. The summed E-state index contributed by atoms with van der Waals surface area (Å²) in [6, 6.07) is 34.9. The fourth-order valence-electron chi connectivity index (χ4n) is 7.08. The van der Waals surface area contributed by atoms with Gasteiger partial charge in [0.2, 0.25) is 11.8 Å². The van der Waals surface area contributed by atoms with Crippen LogP contribution in [0.1, 0.15) is 33.4 Å². The molecule has 0 aromatic heterocycles. The normalized spacial score (nSPS) is 17.5. The van der Waals surface area contributed by atoms with Crippen molar-refractivity contribution in [2.75, 3.05) is 13.1 Å². The second kappa shape index (κ2) is 16.7. The zero-order chi connectivity index (χ0) is 39.2. The van der Waals surface area contributed by atoms with E-state index in [1.54, 1.807) is 41.4 Å². The molecule has 2 atom stereocenters. The highest BCUT2D eigenvalue weighted by atomic mass is 19.4. The molecule has 2 heterocycles. The summed E-state index contributed by atoms with van der Waals surface area (Å²) in [5.41, 5.74) is 2.54. The first-order chi connectivity index (χ1) is 27.0. The van der Waals surface area contributed by atoms with Gasteiger partial charge in [0.25, 0.3) is 0 Å². The molecule has 2 unspecified atom stereocenters. The van der Waals surface area contributed by atoms with Crippen LogP contribution in [0.2, 0.25) is 0 Å². The van der Waals surface area contributed by atoms with Gasteiger partial charge in [0.15, 0.2) is 0 Å². The molecular formula is C43H39F4N5O4. The second-order valence-corrected chi connectivity index (χ2v) is 13.8. The topological polar surface area (TPSA) is 85.4 Å². The molecule has 2 aliphatic rings. The van der Waals surface area contributed by atoms with Crippen LogP contribution in [0.5, 0.6) is 5.75 Å². The number of amides is 4. The Morgan fingerprint density at radius 3 is 2.05 bits per heavy atom. The molecule has 2 aliphatic heterocycles. The van der Waals surface area contributed by atoms with Crippen molar-refractivity contribution in [2.45, 2.75) is 51.0 Å². The average Bonchev–Trinajstić information content (AvgIpc) is 3.20. The number of nitrogens with zero attached hydrogens (tertiary/aromatic N) is 4. The number of ether oxygens (including phenoxy) is 1. The Bertz CT molecular complexity index is 2140. The predicted octanol–water partition coefficient (Wildman–Crippen LogP) is 7.17. The Balaban J connectivity index is 1.21. The van der Waals surface area contributed by atoms with Gasteiger partial charge in [0.05, 0.1) is 18.7 Å². The van der Waals surface area contributed by atoms with E-state index in [9.17, 15) is 31.9 Å². The lowest BCUT2D eigenvalue weighted by Gasteiger charge is -2.55. The van der Waals surface area contributed by atoms with Gasteiger partial charge < -0.3 is 19.9 Å². The van der Waals surface area contributed by atoms with Crippen molar-refractivity contribution < 1.29 is 36.7 Å². The molecule has 1 N–H and O–H groups in total. The summed E-state index contributed by atoms with van der Waals surface area (Å²) in [4.78, 5) is 45.8. The Labute approximate surface area is 321 Å². The molecule has 7 rings (SSSR count). The molecule has 0 aliphatic carbocycles. The standard InChI is InChI=1S/C43H39F4N5O4/c44-36-18-14-32(15-19-36)26-50-28-40(53)51-38(23-30-16-20-37(21-17-30)56-29-33-10-5-2-6-11-33)41(54)49(25-34-12-7-13-35(22-34)43(45,46)47)27-39(51)52(50)42(55)48-24-31-8-3-1-4-9-31/h1-22,38-39H,23-29H2,(H,48,55). The quantitative estimate of drug-likeness (QED) is 0.144. The first-order valence-corrected chi connectivity index (χ1v) is 18.1. The third kappa shape index (κ3) is 9.01. The minimum atomic E-state index is -4.59. The number of hydrogen-bond acceptors (Lipinski definition) is 5. The van der Waals surface area contributed by atoms with E-state index in [-0.39, 0.29) is 44.7 Å². The minimum Gasteiger partial charge on any atom is -0.489 e. The van der Waals surface area contributed by atoms with Crippen molar-refractivity contribution >= 4 is 17.8 Å². The van der Waals surface area contributed by atoms with Crippen molar-refractivity contribution in [3.63, 3.8) is 0 Å². The zero-order valence-corrected chi connectivity index (χ0v) is 30.2. The van der Waals surface area contributed by atoms with Gasteiger partial charge in [-0.2, -0.15) is 13.2 Å². The molecular weight excluding hydrogens is 726 g/mol. The number of rotatable bonds is 11. The minimum absolute atomic E-state index is 0.0613. The number of hydrogen-bond donors (Lipinski definition) is 1. The van der Waals surface area contributed by atoms with E-state index in [0.29, 0.717) is 23.5 Å². The number of alkyl halides is 3. The van der Waals surface area contributed by atoms with Crippen LogP contribution >= 0.6 is 0 Å². The van der Waals surface area contributed by atoms with Crippen molar-refractivity contribution in [1.82, 2.24) is 25.1 Å².